The van der Waals surface area contributed by atoms with Crippen LogP contribution in [-0.2, 0) is 11.2 Å². The molecule has 0 amide bonds. The molecule has 1 saturated heterocycles. The van der Waals surface area contributed by atoms with Gasteiger partial charge in [-0.2, -0.15) is 0 Å². The highest BCUT2D eigenvalue weighted by atomic mass is 16.5. The molecule has 1 N–H and O–H groups in total. The normalized spacial score (nSPS) is 24.7. The largest absolute Gasteiger partial charge is 0.422 e. The molecule has 0 aromatic carbocycles. The Labute approximate surface area is 108 Å². The highest BCUT2D eigenvalue weighted by molar-refractivity contribution is 4.92. The molecule has 2 heterocycles. The molecule has 102 valence electrons. The summed E-state index contributed by atoms with van der Waals surface area (Å²) >= 11 is 0. The van der Waals surface area contributed by atoms with Crippen LogP contribution in [0, 0.1) is 5.92 Å². The maximum atomic E-state index is 5.67. The third-order valence-electron chi connectivity index (χ3n) is 3.11. The van der Waals surface area contributed by atoms with Gasteiger partial charge in [-0.25, -0.2) is 0 Å². The SMILES string of the molecule is CC1CCOC1c1nnc(CCNC(C)(C)C)o1. The number of hydrogen-bond acceptors (Lipinski definition) is 5. The average molecular weight is 253 g/mol. The highest BCUT2D eigenvalue weighted by Gasteiger charge is 2.30. The van der Waals surface area contributed by atoms with Gasteiger partial charge in [0.05, 0.1) is 0 Å². The lowest BCUT2D eigenvalue weighted by Gasteiger charge is -2.19. The fourth-order valence-electron chi connectivity index (χ4n) is 2.04. The van der Waals surface area contributed by atoms with Crippen LogP contribution in [0.3, 0.4) is 0 Å². The van der Waals surface area contributed by atoms with Gasteiger partial charge in [-0.05, 0) is 33.1 Å². The van der Waals surface area contributed by atoms with Gasteiger partial charge in [0.1, 0.15) is 6.10 Å². The van der Waals surface area contributed by atoms with Gasteiger partial charge in [0.15, 0.2) is 0 Å². The van der Waals surface area contributed by atoms with E-state index in [1.807, 2.05) is 0 Å². The summed E-state index contributed by atoms with van der Waals surface area (Å²) in [6.07, 6.45) is 1.81. The molecule has 0 radical (unpaired) electrons. The van der Waals surface area contributed by atoms with E-state index in [-0.39, 0.29) is 11.6 Å². The zero-order valence-corrected chi connectivity index (χ0v) is 11.7. The van der Waals surface area contributed by atoms with E-state index >= 15 is 0 Å². The van der Waals surface area contributed by atoms with Crippen LogP contribution in [0.15, 0.2) is 4.42 Å². The van der Waals surface area contributed by atoms with Crippen LogP contribution >= 0.6 is 0 Å². The Morgan fingerprint density at radius 3 is 2.72 bits per heavy atom. The lowest BCUT2D eigenvalue weighted by molar-refractivity contribution is 0.0704. The number of nitrogens with one attached hydrogen (secondary N) is 1. The van der Waals surface area contributed by atoms with Gasteiger partial charge in [-0.1, -0.05) is 6.92 Å². The van der Waals surface area contributed by atoms with E-state index in [1.165, 1.54) is 0 Å². The summed E-state index contributed by atoms with van der Waals surface area (Å²) in [6, 6.07) is 0. The van der Waals surface area contributed by atoms with Crippen molar-refractivity contribution in [2.45, 2.75) is 52.2 Å². The van der Waals surface area contributed by atoms with E-state index in [2.05, 4.69) is 43.2 Å². The second kappa shape index (κ2) is 5.36. The van der Waals surface area contributed by atoms with Crippen molar-refractivity contribution >= 4 is 0 Å². The first-order valence-electron chi connectivity index (χ1n) is 6.64. The molecule has 0 bridgehead atoms. The quantitative estimate of drug-likeness (QED) is 0.890. The third kappa shape index (κ3) is 3.53. The smallest absolute Gasteiger partial charge is 0.245 e. The molecule has 2 rings (SSSR count). The Balaban J connectivity index is 1.86. The van der Waals surface area contributed by atoms with E-state index in [4.69, 9.17) is 9.15 Å². The van der Waals surface area contributed by atoms with Crippen molar-refractivity contribution in [2.24, 2.45) is 5.92 Å². The van der Waals surface area contributed by atoms with Crippen LogP contribution in [0.4, 0.5) is 0 Å². The molecular weight excluding hydrogens is 230 g/mol. The monoisotopic (exact) mass is 253 g/mol. The van der Waals surface area contributed by atoms with Crippen LogP contribution in [0.1, 0.15) is 52.0 Å². The Morgan fingerprint density at radius 2 is 2.11 bits per heavy atom. The molecule has 18 heavy (non-hydrogen) atoms. The molecule has 1 fully saturated rings. The van der Waals surface area contributed by atoms with Crippen molar-refractivity contribution in [3.63, 3.8) is 0 Å². The molecule has 5 nitrogen and oxygen atoms in total. The minimum absolute atomic E-state index is 0.0122. The summed E-state index contributed by atoms with van der Waals surface area (Å²) in [5.41, 5.74) is 0.117. The zero-order valence-electron chi connectivity index (χ0n) is 11.7. The molecular formula is C13H23N3O2. The molecule has 0 saturated carbocycles. The molecule has 1 aliphatic rings. The predicted octanol–water partition coefficient (Wildman–Crippen LogP) is 2.10. The van der Waals surface area contributed by atoms with Crippen molar-refractivity contribution in [2.75, 3.05) is 13.2 Å². The van der Waals surface area contributed by atoms with Gasteiger partial charge < -0.3 is 14.5 Å². The number of aromatic nitrogens is 2. The summed E-state index contributed by atoms with van der Waals surface area (Å²) in [4.78, 5) is 0. The molecule has 2 unspecified atom stereocenters. The summed E-state index contributed by atoms with van der Waals surface area (Å²) in [5, 5.41) is 11.6. The maximum Gasteiger partial charge on any atom is 0.245 e. The Hall–Kier alpha value is -0.940. The first kappa shape index (κ1) is 13.5. The van der Waals surface area contributed by atoms with Crippen molar-refractivity contribution in [3.05, 3.63) is 11.8 Å². The minimum atomic E-state index is -0.0122. The van der Waals surface area contributed by atoms with Crippen molar-refractivity contribution in [1.82, 2.24) is 15.5 Å². The van der Waals surface area contributed by atoms with Gasteiger partial charge in [0.25, 0.3) is 0 Å². The fraction of sp³-hybridized carbons (Fsp3) is 0.846. The number of nitrogens with zero attached hydrogens (tertiary/aromatic N) is 2. The zero-order chi connectivity index (χ0) is 13.2. The summed E-state index contributed by atoms with van der Waals surface area (Å²) in [5.74, 6) is 1.78. The molecule has 1 aromatic heterocycles. The third-order valence-corrected chi connectivity index (χ3v) is 3.11. The number of hydrogen-bond donors (Lipinski definition) is 1. The van der Waals surface area contributed by atoms with Gasteiger partial charge in [-0.3, -0.25) is 0 Å². The van der Waals surface area contributed by atoms with Crippen molar-refractivity contribution < 1.29 is 9.15 Å². The Kier molecular flexibility index (Phi) is 4.02. The second-order valence-electron chi connectivity index (χ2n) is 6.02. The summed E-state index contributed by atoms with van der Waals surface area (Å²) < 4.78 is 11.3. The topological polar surface area (TPSA) is 60.2 Å². The van der Waals surface area contributed by atoms with Crippen LogP contribution in [0.5, 0.6) is 0 Å². The van der Waals surface area contributed by atoms with Crippen LogP contribution < -0.4 is 5.32 Å². The highest BCUT2D eigenvalue weighted by Crippen LogP contribution is 2.32. The molecule has 2 atom stereocenters. The van der Waals surface area contributed by atoms with Crippen LogP contribution in [0.25, 0.3) is 0 Å². The number of rotatable bonds is 4. The standard InChI is InChI=1S/C13H23N3O2/c1-9-6-8-17-11(9)12-16-15-10(18-12)5-7-14-13(2,3)4/h9,11,14H,5-8H2,1-4H3. The number of ether oxygens (including phenoxy) is 1. The van der Waals surface area contributed by atoms with Crippen LogP contribution in [0.2, 0.25) is 0 Å². The molecule has 0 aliphatic carbocycles. The second-order valence-corrected chi connectivity index (χ2v) is 6.02. The van der Waals surface area contributed by atoms with Crippen LogP contribution in [-0.4, -0.2) is 28.9 Å². The first-order chi connectivity index (χ1) is 8.46. The lowest BCUT2D eigenvalue weighted by Crippen LogP contribution is -2.37. The fourth-order valence-corrected chi connectivity index (χ4v) is 2.04. The van der Waals surface area contributed by atoms with E-state index in [0.29, 0.717) is 17.7 Å². The minimum Gasteiger partial charge on any atom is -0.422 e. The van der Waals surface area contributed by atoms with Gasteiger partial charge in [0.2, 0.25) is 11.8 Å². The molecule has 0 spiro atoms. The van der Waals surface area contributed by atoms with E-state index in [0.717, 1.165) is 26.0 Å². The molecule has 1 aliphatic heterocycles. The Bertz CT molecular complexity index is 384. The van der Waals surface area contributed by atoms with Crippen molar-refractivity contribution in [3.8, 4) is 0 Å². The van der Waals surface area contributed by atoms with Crippen molar-refractivity contribution in [1.29, 1.82) is 0 Å². The van der Waals surface area contributed by atoms with Gasteiger partial charge in [0, 0.05) is 25.1 Å². The Morgan fingerprint density at radius 1 is 1.33 bits per heavy atom. The van der Waals surface area contributed by atoms with E-state index in [9.17, 15) is 0 Å². The molecule has 1 aromatic rings. The van der Waals surface area contributed by atoms with E-state index < -0.39 is 0 Å². The lowest BCUT2D eigenvalue weighted by atomic mass is 10.0. The van der Waals surface area contributed by atoms with Gasteiger partial charge in [-0.15, -0.1) is 10.2 Å². The summed E-state index contributed by atoms with van der Waals surface area (Å²) in [7, 11) is 0. The average Bonchev–Trinajstić information content (AvgIpc) is 2.84. The first-order valence-corrected chi connectivity index (χ1v) is 6.64. The predicted molar refractivity (Wildman–Crippen MR) is 68.2 cm³/mol. The summed E-state index contributed by atoms with van der Waals surface area (Å²) in [6.45, 7) is 10.2. The molecule has 5 heteroatoms. The van der Waals surface area contributed by atoms with E-state index in [1.54, 1.807) is 0 Å². The maximum absolute atomic E-state index is 5.67. The van der Waals surface area contributed by atoms with Gasteiger partial charge >= 0.3 is 0 Å².